The fourth-order valence-corrected chi connectivity index (χ4v) is 3.54. The van der Waals surface area contributed by atoms with Gasteiger partial charge in [0.15, 0.2) is 15.7 Å². The summed E-state index contributed by atoms with van der Waals surface area (Å²) < 4.78 is 2.66. The molecule has 0 aliphatic carbocycles. The van der Waals surface area contributed by atoms with Gasteiger partial charge in [-0.15, -0.1) is 0 Å². The Morgan fingerprint density at radius 3 is 2.80 bits per heavy atom. The molecule has 2 aromatic heterocycles. The van der Waals surface area contributed by atoms with E-state index in [0.29, 0.717) is 4.77 Å². The minimum absolute atomic E-state index is 0.664. The molecule has 1 aliphatic heterocycles. The quantitative estimate of drug-likeness (QED) is 0.877. The molecule has 0 amide bonds. The van der Waals surface area contributed by atoms with E-state index in [1.54, 1.807) is 11.3 Å². The fourth-order valence-electron chi connectivity index (χ4n) is 2.31. The van der Waals surface area contributed by atoms with Crippen LogP contribution in [0.1, 0.15) is 6.92 Å². The van der Waals surface area contributed by atoms with E-state index in [0.717, 1.165) is 48.6 Å². The number of rotatable bonds is 3. The Labute approximate surface area is 127 Å². The molecular weight excluding hydrogens is 292 g/mol. The van der Waals surface area contributed by atoms with Crippen molar-refractivity contribution < 1.29 is 0 Å². The number of hydrogen-bond acceptors (Lipinski definition) is 6. The Bertz CT molecular complexity index is 634. The van der Waals surface area contributed by atoms with Crippen molar-refractivity contribution >= 4 is 28.7 Å². The van der Waals surface area contributed by atoms with Crippen molar-refractivity contribution in [2.75, 3.05) is 38.1 Å². The Balaban J connectivity index is 1.85. The third kappa shape index (κ3) is 2.50. The highest BCUT2D eigenvalue weighted by Gasteiger charge is 2.19. The molecular formula is C12H18N6S2. The number of likely N-dealkylation sites (N-methyl/N-ethyl adjacent to an activating group) is 1. The molecule has 1 N–H and O–H groups in total. The summed E-state index contributed by atoms with van der Waals surface area (Å²) >= 11 is 6.91. The molecule has 0 bridgehead atoms. The summed E-state index contributed by atoms with van der Waals surface area (Å²) in [5.41, 5.74) is 0. The summed E-state index contributed by atoms with van der Waals surface area (Å²) in [5, 5.41) is 8.25. The monoisotopic (exact) mass is 310 g/mol. The van der Waals surface area contributed by atoms with Crippen molar-refractivity contribution in [3.63, 3.8) is 0 Å². The van der Waals surface area contributed by atoms with E-state index in [1.165, 1.54) is 0 Å². The predicted molar refractivity (Wildman–Crippen MR) is 83.9 cm³/mol. The second kappa shape index (κ2) is 5.63. The third-order valence-electron chi connectivity index (χ3n) is 3.56. The molecule has 0 saturated carbocycles. The minimum atomic E-state index is 0.664. The van der Waals surface area contributed by atoms with Gasteiger partial charge in [-0.3, -0.25) is 9.67 Å². The normalized spacial score (nSPS) is 16.8. The lowest BCUT2D eigenvalue weighted by Crippen LogP contribution is -2.44. The number of aromatic nitrogens is 4. The van der Waals surface area contributed by atoms with Crippen LogP contribution in [0.2, 0.25) is 0 Å². The second-order valence-electron chi connectivity index (χ2n) is 4.89. The van der Waals surface area contributed by atoms with Crippen LogP contribution in [0, 0.1) is 4.77 Å². The molecule has 3 rings (SSSR count). The van der Waals surface area contributed by atoms with Gasteiger partial charge in [-0.25, -0.2) is 4.98 Å². The van der Waals surface area contributed by atoms with E-state index in [4.69, 9.17) is 12.2 Å². The van der Waals surface area contributed by atoms with Crippen molar-refractivity contribution in [2.45, 2.75) is 13.5 Å². The van der Waals surface area contributed by atoms with Crippen molar-refractivity contribution in [3.05, 3.63) is 11.0 Å². The average Bonchev–Trinajstić information content (AvgIpc) is 3.06. The van der Waals surface area contributed by atoms with Crippen molar-refractivity contribution in [1.82, 2.24) is 24.6 Å². The van der Waals surface area contributed by atoms with Gasteiger partial charge in [0.2, 0.25) is 0 Å². The molecule has 0 radical (unpaired) electrons. The standard InChI is InChI=1S/C12H18N6S2/c1-3-18-10(14-15-11(18)19)9-8-13-12(20-9)17-6-4-16(2)5-7-17/h8H,3-7H2,1-2H3,(H,15,19). The van der Waals surface area contributed by atoms with E-state index in [1.807, 2.05) is 10.8 Å². The summed E-state index contributed by atoms with van der Waals surface area (Å²) in [5.74, 6) is 0.885. The van der Waals surface area contributed by atoms with Gasteiger partial charge in [0.05, 0.1) is 11.1 Å². The van der Waals surface area contributed by atoms with Crippen LogP contribution in [0.25, 0.3) is 10.7 Å². The van der Waals surface area contributed by atoms with Crippen LogP contribution in [0.5, 0.6) is 0 Å². The lowest BCUT2D eigenvalue weighted by Gasteiger charge is -2.32. The molecule has 6 nitrogen and oxygen atoms in total. The average molecular weight is 310 g/mol. The van der Waals surface area contributed by atoms with Crippen molar-refractivity contribution in [3.8, 4) is 10.7 Å². The zero-order valence-corrected chi connectivity index (χ0v) is 13.3. The number of anilines is 1. The van der Waals surface area contributed by atoms with Gasteiger partial charge in [-0.05, 0) is 26.2 Å². The maximum atomic E-state index is 5.23. The van der Waals surface area contributed by atoms with Crippen molar-refractivity contribution in [1.29, 1.82) is 0 Å². The van der Waals surface area contributed by atoms with Crippen LogP contribution in [0.4, 0.5) is 5.13 Å². The van der Waals surface area contributed by atoms with Gasteiger partial charge >= 0.3 is 0 Å². The number of hydrogen-bond donors (Lipinski definition) is 1. The number of H-pyrrole nitrogens is 1. The lowest BCUT2D eigenvalue weighted by molar-refractivity contribution is 0.313. The predicted octanol–water partition coefficient (Wildman–Crippen LogP) is 1.84. The molecule has 0 atom stereocenters. The van der Waals surface area contributed by atoms with Crippen LogP contribution in [0.3, 0.4) is 0 Å². The lowest BCUT2D eigenvalue weighted by atomic mass is 10.3. The summed E-state index contributed by atoms with van der Waals surface area (Å²) in [6, 6.07) is 0. The first-order chi connectivity index (χ1) is 9.69. The van der Waals surface area contributed by atoms with Gasteiger partial charge in [-0.1, -0.05) is 11.3 Å². The molecule has 1 fully saturated rings. The minimum Gasteiger partial charge on any atom is -0.346 e. The van der Waals surface area contributed by atoms with Gasteiger partial charge in [0.1, 0.15) is 0 Å². The maximum Gasteiger partial charge on any atom is 0.195 e. The Morgan fingerprint density at radius 1 is 1.35 bits per heavy atom. The van der Waals surface area contributed by atoms with E-state index >= 15 is 0 Å². The first-order valence-corrected chi connectivity index (χ1v) is 7.96. The fraction of sp³-hybridized carbons (Fsp3) is 0.583. The van der Waals surface area contributed by atoms with Gasteiger partial charge in [0.25, 0.3) is 0 Å². The van der Waals surface area contributed by atoms with Crippen LogP contribution < -0.4 is 4.90 Å². The zero-order valence-electron chi connectivity index (χ0n) is 11.7. The largest absolute Gasteiger partial charge is 0.346 e. The van der Waals surface area contributed by atoms with Crippen molar-refractivity contribution in [2.24, 2.45) is 0 Å². The van der Waals surface area contributed by atoms with E-state index in [9.17, 15) is 0 Å². The summed E-state index contributed by atoms with van der Waals surface area (Å²) in [6.07, 6.45) is 1.90. The Kier molecular flexibility index (Phi) is 3.86. The maximum absolute atomic E-state index is 5.23. The second-order valence-corrected chi connectivity index (χ2v) is 6.29. The SMILES string of the molecule is CCn1c(-c2cnc(N3CCN(C)CC3)s2)n[nH]c1=S. The smallest absolute Gasteiger partial charge is 0.195 e. The number of nitrogens with zero attached hydrogens (tertiary/aromatic N) is 5. The van der Waals surface area contributed by atoms with Crippen LogP contribution in [-0.4, -0.2) is 57.9 Å². The molecule has 20 heavy (non-hydrogen) atoms. The number of aromatic amines is 1. The highest BCUT2D eigenvalue weighted by molar-refractivity contribution is 7.71. The molecule has 1 aliphatic rings. The first kappa shape index (κ1) is 13.7. The number of nitrogens with one attached hydrogen (secondary N) is 1. The molecule has 0 spiro atoms. The number of piperazine rings is 1. The highest BCUT2D eigenvalue weighted by Crippen LogP contribution is 2.30. The highest BCUT2D eigenvalue weighted by atomic mass is 32.1. The molecule has 108 valence electrons. The van der Waals surface area contributed by atoms with E-state index in [-0.39, 0.29) is 0 Å². The summed E-state index contributed by atoms with van der Waals surface area (Å²) in [4.78, 5) is 10.3. The van der Waals surface area contributed by atoms with Gasteiger partial charge < -0.3 is 9.80 Å². The van der Waals surface area contributed by atoms with Crippen LogP contribution in [0.15, 0.2) is 6.20 Å². The zero-order chi connectivity index (χ0) is 14.1. The topological polar surface area (TPSA) is 53.0 Å². The first-order valence-electron chi connectivity index (χ1n) is 6.74. The van der Waals surface area contributed by atoms with Gasteiger partial charge in [0, 0.05) is 32.7 Å². The van der Waals surface area contributed by atoms with Crippen LogP contribution >= 0.6 is 23.6 Å². The number of thiazole rings is 1. The Hall–Kier alpha value is -1.25. The van der Waals surface area contributed by atoms with E-state index < -0.39 is 0 Å². The Morgan fingerprint density at radius 2 is 2.10 bits per heavy atom. The molecule has 8 heteroatoms. The summed E-state index contributed by atoms with van der Waals surface area (Å²) in [6.45, 7) is 7.11. The van der Waals surface area contributed by atoms with Gasteiger partial charge in [-0.2, -0.15) is 5.10 Å². The summed E-state index contributed by atoms with van der Waals surface area (Å²) in [7, 11) is 2.16. The molecule has 3 heterocycles. The van der Waals surface area contributed by atoms with E-state index in [2.05, 4.69) is 39.0 Å². The molecule has 0 unspecified atom stereocenters. The van der Waals surface area contributed by atoms with Crippen LogP contribution in [-0.2, 0) is 6.54 Å². The molecule has 2 aromatic rings. The molecule has 0 aromatic carbocycles. The third-order valence-corrected chi connectivity index (χ3v) is 4.93. The molecule has 1 saturated heterocycles.